The van der Waals surface area contributed by atoms with Gasteiger partial charge in [-0.3, -0.25) is 37.3 Å². The van der Waals surface area contributed by atoms with Crippen molar-refractivity contribution < 1.29 is 80.2 Å². The average Bonchev–Trinajstić information content (AvgIpc) is 3.30. The van der Waals surface area contributed by atoms with E-state index in [1.54, 1.807) is 0 Å². The molecular formula is C71H138O17P2. The van der Waals surface area contributed by atoms with Gasteiger partial charge in [0.25, 0.3) is 0 Å². The number of hydrogen-bond acceptors (Lipinski definition) is 15. The van der Waals surface area contributed by atoms with Crippen molar-refractivity contribution in [2.75, 3.05) is 39.6 Å². The maximum absolute atomic E-state index is 13.0. The summed E-state index contributed by atoms with van der Waals surface area (Å²) in [5.74, 6) is -1.40. The van der Waals surface area contributed by atoms with Crippen molar-refractivity contribution >= 4 is 39.5 Å². The van der Waals surface area contributed by atoms with Gasteiger partial charge < -0.3 is 33.8 Å². The molecule has 0 spiro atoms. The number of ether oxygens (including phenoxy) is 4. The molecule has 2 unspecified atom stereocenters. The van der Waals surface area contributed by atoms with Crippen LogP contribution < -0.4 is 0 Å². The standard InChI is InChI=1S/C71H138O17P2/c1-6-9-12-15-18-21-23-25-27-29-31-34-40-45-50-55-69(74)82-61-66(87-70(75)56-51-46-41-35-32-30-28-26-24-22-19-16-13-10-7-2)62-85-89(77,78)83-58-65(72)59-84-90(79,80)86-63-67(60-81-68(73)54-49-44-39-33-20-17-14-11-8-3)88-71(76)57-52-47-42-37-36-38-43-48-53-64(4)5/h64-67,72H,6-63H2,1-5H3,(H,77,78)(H,79,80)/t65-,66-,67-/m1/s1. The van der Waals surface area contributed by atoms with Crippen LogP contribution in [0.2, 0.25) is 0 Å². The summed E-state index contributed by atoms with van der Waals surface area (Å²) in [4.78, 5) is 72.5. The Morgan fingerprint density at radius 1 is 0.300 bits per heavy atom. The molecule has 0 rings (SSSR count). The smallest absolute Gasteiger partial charge is 0.462 e. The predicted octanol–water partition coefficient (Wildman–Crippen LogP) is 20.5. The minimum absolute atomic E-state index is 0.105. The predicted molar refractivity (Wildman–Crippen MR) is 363 cm³/mol. The zero-order valence-corrected chi connectivity index (χ0v) is 60.1. The van der Waals surface area contributed by atoms with Gasteiger partial charge in [-0.2, -0.15) is 0 Å². The number of phosphoric acid groups is 2. The Balaban J connectivity index is 5.23. The van der Waals surface area contributed by atoms with Gasteiger partial charge in [-0.15, -0.1) is 0 Å². The zero-order chi connectivity index (χ0) is 66.3. The maximum atomic E-state index is 13.0. The molecule has 0 aliphatic heterocycles. The quantitative estimate of drug-likeness (QED) is 0.0222. The summed E-state index contributed by atoms with van der Waals surface area (Å²) in [5.41, 5.74) is 0. The molecule has 0 heterocycles. The van der Waals surface area contributed by atoms with E-state index in [2.05, 4.69) is 34.6 Å². The number of esters is 4. The lowest BCUT2D eigenvalue weighted by molar-refractivity contribution is -0.161. The molecule has 0 fully saturated rings. The van der Waals surface area contributed by atoms with Gasteiger partial charge in [0.1, 0.15) is 19.3 Å². The van der Waals surface area contributed by atoms with Crippen molar-refractivity contribution in [3.63, 3.8) is 0 Å². The van der Waals surface area contributed by atoms with E-state index >= 15 is 0 Å². The highest BCUT2D eigenvalue weighted by atomic mass is 31.2. The fourth-order valence-corrected chi connectivity index (χ4v) is 12.4. The van der Waals surface area contributed by atoms with Gasteiger partial charge in [-0.25, -0.2) is 9.13 Å². The Morgan fingerprint density at radius 3 is 0.756 bits per heavy atom. The van der Waals surface area contributed by atoms with Crippen LogP contribution >= 0.6 is 15.6 Å². The zero-order valence-electron chi connectivity index (χ0n) is 58.3. The van der Waals surface area contributed by atoms with Gasteiger partial charge in [-0.1, -0.05) is 317 Å². The van der Waals surface area contributed by atoms with Gasteiger partial charge in [0.05, 0.1) is 26.4 Å². The molecule has 3 N–H and O–H groups in total. The lowest BCUT2D eigenvalue weighted by atomic mass is 10.0. The van der Waals surface area contributed by atoms with E-state index in [4.69, 9.17) is 37.0 Å². The van der Waals surface area contributed by atoms with Crippen LogP contribution in [0.3, 0.4) is 0 Å². The van der Waals surface area contributed by atoms with Crippen molar-refractivity contribution in [1.29, 1.82) is 0 Å². The minimum Gasteiger partial charge on any atom is -0.462 e. The number of phosphoric ester groups is 2. The van der Waals surface area contributed by atoms with Gasteiger partial charge in [0, 0.05) is 25.7 Å². The lowest BCUT2D eigenvalue weighted by Gasteiger charge is -2.21. The fourth-order valence-electron chi connectivity index (χ4n) is 10.8. The molecule has 0 aromatic heterocycles. The maximum Gasteiger partial charge on any atom is 0.472 e. The van der Waals surface area contributed by atoms with Crippen LogP contribution in [0.1, 0.15) is 369 Å². The molecule has 0 aliphatic carbocycles. The van der Waals surface area contributed by atoms with E-state index in [-0.39, 0.29) is 25.7 Å². The first-order valence-electron chi connectivity index (χ1n) is 37.1. The molecular weight excluding hydrogens is 1190 g/mol. The summed E-state index contributed by atoms with van der Waals surface area (Å²) in [6, 6.07) is 0. The summed E-state index contributed by atoms with van der Waals surface area (Å²) in [5, 5.41) is 10.6. The molecule has 90 heavy (non-hydrogen) atoms. The number of hydrogen-bond donors (Lipinski definition) is 3. The SMILES string of the molecule is CCCCCCCCCCCCCCCCCC(=O)OC[C@H](COP(=O)(O)OC[C@@H](O)COP(=O)(O)OC[C@@H](COC(=O)CCCCCCCCCCC)OC(=O)CCCCCCCCCCC(C)C)OC(=O)CCCCCCCCCCCCCCCCC. The van der Waals surface area contributed by atoms with Crippen LogP contribution in [0.15, 0.2) is 0 Å². The topological polar surface area (TPSA) is 237 Å². The van der Waals surface area contributed by atoms with Crippen molar-refractivity contribution in [3.05, 3.63) is 0 Å². The van der Waals surface area contributed by atoms with Crippen molar-refractivity contribution in [2.24, 2.45) is 5.92 Å². The second kappa shape index (κ2) is 64.4. The van der Waals surface area contributed by atoms with Crippen LogP contribution in [0.4, 0.5) is 0 Å². The summed E-state index contributed by atoms with van der Waals surface area (Å²) < 4.78 is 68.3. The van der Waals surface area contributed by atoms with Crippen molar-refractivity contribution in [2.45, 2.75) is 387 Å². The first kappa shape index (κ1) is 88.1. The van der Waals surface area contributed by atoms with Crippen LogP contribution in [-0.2, 0) is 65.4 Å². The second-order valence-corrected chi connectivity index (χ2v) is 29.0. The van der Waals surface area contributed by atoms with E-state index in [1.165, 1.54) is 193 Å². The fraction of sp³-hybridized carbons (Fsp3) is 0.944. The molecule has 0 amide bonds. The van der Waals surface area contributed by atoms with E-state index in [9.17, 15) is 43.2 Å². The highest BCUT2D eigenvalue weighted by Crippen LogP contribution is 2.45. The minimum atomic E-state index is -4.95. The van der Waals surface area contributed by atoms with Crippen LogP contribution in [-0.4, -0.2) is 96.7 Å². The van der Waals surface area contributed by atoms with Gasteiger partial charge >= 0.3 is 39.5 Å². The number of rotatable bonds is 71. The first-order valence-corrected chi connectivity index (χ1v) is 40.1. The monoisotopic (exact) mass is 1320 g/mol. The number of aliphatic hydroxyl groups excluding tert-OH is 1. The molecule has 0 aromatic rings. The number of carbonyl (C=O) groups is 4. The Labute approximate surface area is 549 Å². The lowest BCUT2D eigenvalue weighted by Crippen LogP contribution is -2.30. The highest BCUT2D eigenvalue weighted by molar-refractivity contribution is 7.47. The third-order valence-corrected chi connectivity index (χ3v) is 18.4. The van der Waals surface area contributed by atoms with E-state index in [0.717, 1.165) is 95.8 Å². The van der Waals surface area contributed by atoms with Crippen LogP contribution in [0.5, 0.6) is 0 Å². The van der Waals surface area contributed by atoms with Crippen molar-refractivity contribution in [1.82, 2.24) is 0 Å². The molecule has 0 aliphatic rings. The average molecular weight is 1330 g/mol. The van der Waals surface area contributed by atoms with Crippen LogP contribution in [0.25, 0.3) is 0 Å². The Kier molecular flexibility index (Phi) is 63.0. The Bertz CT molecular complexity index is 1740. The summed E-state index contributed by atoms with van der Waals surface area (Å²) in [6.45, 7) is 7.21. The van der Waals surface area contributed by atoms with Gasteiger partial charge in [0.2, 0.25) is 0 Å². The largest absolute Gasteiger partial charge is 0.472 e. The van der Waals surface area contributed by atoms with E-state index < -0.39 is 97.5 Å². The molecule has 534 valence electrons. The molecule has 17 nitrogen and oxygen atoms in total. The number of aliphatic hydroxyl groups is 1. The molecule has 0 bridgehead atoms. The molecule has 0 saturated carbocycles. The van der Waals surface area contributed by atoms with Gasteiger partial charge in [0.15, 0.2) is 12.2 Å². The third kappa shape index (κ3) is 64.8. The summed E-state index contributed by atoms with van der Waals surface area (Å²) in [6.07, 6.45) is 51.3. The van der Waals surface area contributed by atoms with Crippen LogP contribution in [0, 0.1) is 5.92 Å². The molecule has 19 heteroatoms. The molecule has 0 saturated heterocycles. The third-order valence-electron chi connectivity index (χ3n) is 16.5. The normalized spacial score (nSPS) is 14.1. The summed E-state index contributed by atoms with van der Waals surface area (Å²) >= 11 is 0. The van der Waals surface area contributed by atoms with Gasteiger partial charge in [-0.05, 0) is 31.6 Å². The first-order chi connectivity index (χ1) is 43.5. The van der Waals surface area contributed by atoms with E-state index in [0.29, 0.717) is 25.7 Å². The number of unbranched alkanes of at least 4 members (excludes halogenated alkanes) is 43. The Hall–Kier alpha value is -1.94. The number of carbonyl (C=O) groups excluding carboxylic acids is 4. The molecule has 5 atom stereocenters. The summed E-state index contributed by atoms with van der Waals surface area (Å²) in [7, 11) is -9.90. The van der Waals surface area contributed by atoms with Crippen molar-refractivity contribution in [3.8, 4) is 0 Å². The molecule has 0 aromatic carbocycles. The molecule has 0 radical (unpaired) electrons. The Morgan fingerprint density at radius 2 is 0.511 bits per heavy atom. The van der Waals surface area contributed by atoms with E-state index in [1.807, 2.05) is 0 Å². The highest BCUT2D eigenvalue weighted by Gasteiger charge is 2.30. The second-order valence-electron chi connectivity index (χ2n) is 26.1.